The van der Waals surface area contributed by atoms with Gasteiger partial charge in [-0.3, -0.25) is 4.79 Å². The lowest BCUT2D eigenvalue weighted by molar-refractivity contribution is 0.736. The first-order chi connectivity index (χ1) is 10.6. The van der Waals surface area contributed by atoms with Crippen LogP contribution in [0.3, 0.4) is 0 Å². The second-order valence-electron chi connectivity index (χ2n) is 5.39. The van der Waals surface area contributed by atoms with E-state index in [1.54, 1.807) is 11.8 Å². The van der Waals surface area contributed by atoms with Gasteiger partial charge in [0.15, 0.2) is 5.16 Å². The third-order valence-electron chi connectivity index (χ3n) is 3.55. The van der Waals surface area contributed by atoms with E-state index in [0.29, 0.717) is 16.6 Å². The maximum atomic E-state index is 11.9. The maximum absolute atomic E-state index is 11.9. The summed E-state index contributed by atoms with van der Waals surface area (Å²) in [6, 6.07) is 1.49. The van der Waals surface area contributed by atoms with Gasteiger partial charge in [0.05, 0.1) is 5.75 Å². The second kappa shape index (κ2) is 5.17. The molecule has 3 heterocycles. The molecule has 1 fully saturated rings. The number of hydrogen-bond acceptors (Lipinski definition) is 7. The van der Waals surface area contributed by atoms with E-state index in [0.717, 1.165) is 21.7 Å². The predicted octanol–water partition coefficient (Wildman–Crippen LogP) is 1.76. The first kappa shape index (κ1) is 13.9. The lowest BCUT2D eigenvalue weighted by Gasteiger charge is -2.00. The van der Waals surface area contributed by atoms with Gasteiger partial charge in [0.2, 0.25) is 4.96 Å². The van der Waals surface area contributed by atoms with Crippen molar-refractivity contribution in [2.24, 2.45) is 7.05 Å². The molecule has 4 rings (SSSR count). The molecule has 0 N–H and O–H groups in total. The zero-order chi connectivity index (χ0) is 15.3. The van der Waals surface area contributed by atoms with Crippen LogP contribution in [0.2, 0.25) is 0 Å². The fourth-order valence-electron chi connectivity index (χ4n) is 2.29. The van der Waals surface area contributed by atoms with Gasteiger partial charge in [0, 0.05) is 24.7 Å². The van der Waals surface area contributed by atoms with E-state index >= 15 is 0 Å². The molecule has 0 aliphatic heterocycles. The molecule has 9 heteroatoms. The summed E-state index contributed by atoms with van der Waals surface area (Å²) in [6.07, 6.45) is 2.42. The molecule has 22 heavy (non-hydrogen) atoms. The minimum absolute atomic E-state index is 0.135. The smallest absolute Gasteiger partial charge is 0.275 e. The lowest BCUT2D eigenvalue weighted by atomic mass is 10.4. The Bertz CT molecular complexity index is 907. The Kier molecular flexibility index (Phi) is 3.26. The molecule has 0 atom stereocenters. The van der Waals surface area contributed by atoms with Crippen molar-refractivity contribution in [3.8, 4) is 0 Å². The molecule has 0 bridgehead atoms. The van der Waals surface area contributed by atoms with E-state index in [4.69, 9.17) is 0 Å². The largest absolute Gasteiger partial charge is 0.309 e. The molecule has 3 aromatic rings. The summed E-state index contributed by atoms with van der Waals surface area (Å²) in [4.78, 5) is 16.8. The lowest BCUT2D eigenvalue weighted by Crippen LogP contribution is -2.14. The van der Waals surface area contributed by atoms with Crippen LogP contribution >= 0.6 is 23.1 Å². The molecular weight excluding hydrogens is 320 g/mol. The van der Waals surface area contributed by atoms with E-state index in [1.165, 1.54) is 34.8 Å². The van der Waals surface area contributed by atoms with Crippen LogP contribution in [0.25, 0.3) is 4.96 Å². The van der Waals surface area contributed by atoms with Crippen molar-refractivity contribution in [3.05, 3.63) is 32.9 Å². The number of thioether (sulfide) groups is 1. The van der Waals surface area contributed by atoms with Gasteiger partial charge in [-0.15, -0.1) is 10.2 Å². The minimum Gasteiger partial charge on any atom is -0.309 e. The molecule has 7 nitrogen and oxygen atoms in total. The SMILES string of the molecule is Cc1cc(=O)n2nc(CSc3nnc(C4CC4)n3C)sc2n1. The fourth-order valence-corrected chi connectivity index (χ4v) is 4.14. The Morgan fingerprint density at radius 2 is 2.23 bits per heavy atom. The van der Waals surface area contributed by atoms with Crippen LogP contribution < -0.4 is 5.56 Å². The average Bonchev–Trinajstić information content (AvgIpc) is 3.12. The molecular formula is C13H14N6OS2. The average molecular weight is 334 g/mol. The molecule has 0 spiro atoms. The maximum Gasteiger partial charge on any atom is 0.275 e. The number of fused-ring (bicyclic) bond motifs is 1. The van der Waals surface area contributed by atoms with Gasteiger partial charge in [-0.2, -0.15) is 9.61 Å². The van der Waals surface area contributed by atoms with Crippen molar-refractivity contribution >= 4 is 28.1 Å². The molecule has 1 aliphatic carbocycles. The van der Waals surface area contributed by atoms with Gasteiger partial charge in [-0.25, -0.2) is 4.98 Å². The van der Waals surface area contributed by atoms with Crippen LogP contribution in [-0.2, 0) is 12.8 Å². The molecule has 3 aromatic heterocycles. The Balaban J connectivity index is 1.56. The van der Waals surface area contributed by atoms with Gasteiger partial charge < -0.3 is 4.57 Å². The molecule has 114 valence electrons. The highest BCUT2D eigenvalue weighted by Crippen LogP contribution is 2.39. The highest BCUT2D eigenvalue weighted by Gasteiger charge is 2.29. The quantitative estimate of drug-likeness (QED) is 0.677. The number of nitrogens with zero attached hydrogens (tertiary/aromatic N) is 6. The van der Waals surface area contributed by atoms with Gasteiger partial charge in [0.25, 0.3) is 5.56 Å². The molecule has 0 aromatic carbocycles. The van der Waals surface area contributed by atoms with Crippen molar-refractivity contribution < 1.29 is 0 Å². The summed E-state index contributed by atoms with van der Waals surface area (Å²) in [5.74, 6) is 2.31. The molecule has 0 amide bonds. The molecule has 0 saturated heterocycles. The van der Waals surface area contributed by atoms with Crippen LogP contribution in [0, 0.1) is 6.92 Å². The highest BCUT2D eigenvalue weighted by molar-refractivity contribution is 7.98. The van der Waals surface area contributed by atoms with Crippen molar-refractivity contribution in [2.75, 3.05) is 0 Å². The first-order valence-electron chi connectivity index (χ1n) is 7.00. The Labute approximate surface area is 134 Å². The van der Waals surface area contributed by atoms with E-state index < -0.39 is 0 Å². The van der Waals surface area contributed by atoms with Gasteiger partial charge in [-0.1, -0.05) is 23.1 Å². The zero-order valence-electron chi connectivity index (χ0n) is 12.2. The standard InChI is InChI=1S/C13H14N6OS2/c1-7-5-10(20)19-12(14-7)22-9(17-19)6-21-13-16-15-11(18(13)2)8-3-4-8/h5,8H,3-4,6H2,1-2H3. The normalized spacial score (nSPS) is 14.8. The van der Waals surface area contributed by atoms with Gasteiger partial charge in [-0.05, 0) is 19.8 Å². The number of hydrogen-bond donors (Lipinski definition) is 0. The van der Waals surface area contributed by atoms with Crippen LogP contribution in [0.5, 0.6) is 0 Å². The Morgan fingerprint density at radius 1 is 1.41 bits per heavy atom. The summed E-state index contributed by atoms with van der Waals surface area (Å²) < 4.78 is 3.42. The summed E-state index contributed by atoms with van der Waals surface area (Å²) in [5, 5.41) is 14.6. The van der Waals surface area contributed by atoms with E-state index in [9.17, 15) is 4.79 Å². The molecule has 0 radical (unpaired) electrons. The summed E-state index contributed by atoms with van der Waals surface area (Å²) in [5.41, 5.74) is 0.583. The van der Waals surface area contributed by atoms with Crippen molar-refractivity contribution in [3.63, 3.8) is 0 Å². The first-order valence-corrected chi connectivity index (χ1v) is 8.80. The molecule has 1 saturated carbocycles. The van der Waals surface area contributed by atoms with Crippen LogP contribution in [0.4, 0.5) is 0 Å². The number of rotatable bonds is 4. The Morgan fingerprint density at radius 3 is 3.00 bits per heavy atom. The highest BCUT2D eigenvalue weighted by atomic mass is 32.2. The Hall–Kier alpha value is -1.74. The third-order valence-corrected chi connectivity index (χ3v) is 5.67. The minimum atomic E-state index is -0.135. The van der Waals surface area contributed by atoms with Gasteiger partial charge >= 0.3 is 0 Å². The topological polar surface area (TPSA) is 78.0 Å². The van der Waals surface area contributed by atoms with Gasteiger partial charge in [0.1, 0.15) is 10.8 Å². The molecule has 0 unspecified atom stereocenters. The third kappa shape index (κ3) is 2.44. The second-order valence-corrected chi connectivity index (χ2v) is 7.37. The van der Waals surface area contributed by atoms with Crippen LogP contribution in [0.15, 0.2) is 16.0 Å². The summed E-state index contributed by atoms with van der Waals surface area (Å²) in [7, 11) is 2.00. The van der Waals surface area contributed by atoms with Crippen molar-refractivity contribution in [2.45, 2.75) is 36.6 Å². The summed E-state index contributed by atoms with van der Waals surface area (Å²) in [6.45, 7) is 1.81. The molecule has 1 aliphatic rings. The zero-order valence-corrected chi connectivity index (χ0v) is 13.8. The van der Waals surface area contributed by atoms with E-state index in [1.807, 2.05) is 14.0 Å². The van der Waals surface area contributed by atoms with Crippen LogP contribution in [0.1, 0.15) is 35.3 Å². The van der Waals surface area contributed by atoms with Crippen molar-refractivity contribution in [1.82, 2.24) is 29.4 Å². The summed E-state index contributed by atoms with van der Waals surface area (Å²) >= 11 is 3.02. The fraction of sp³-hybridized carbons (Fsp3) is 0.462. The van der Waals surface area contributed by atoms with E-state index in [2.05, 4.69) is 24.8 Å². The predicted molar refractivity (Wildman–Crippen MR) is 84.4 cm³/mol. The van der Waals surface area contributed by atoms with Crippen LogP contribution in [-0.4, -0.2) is 29.4 Å². The van der Waals surface area contributed by atoms with Crippen molar-refractivity contribution in [1.29, 1.82) is 0 Å². The number of aryl methyl sites for hydroxylation is 1. The monoisotopic (exact) mass is 334 g/mol. The number of aromatic nitrogens is 6. The van der Waals surface area contributed by atoms with E-state index in [-0.39, 0.29) is 5.56 Å².